The van der Waals surface area contributed by atoms with Gasteiger partial charge in [-0.1, -0.05) is 12.1 Å². The fourth-order valence-electron chi connectivity index (χ4n) is 2.26. The molecule has 1 unspecified atom stereocenters. The van der Waals surface area contributed by atoms with Crippen LogP contribution in [0.15, 0.2) is 24.3 Å². The first kappa shape index (κ1) is 15.3. The van der Waals surface area contributed by atoms with Gasteiger partial charge in [-0.25, -0.2) is 4.79 Å². The molecule has 1 fully saturated rings. The monoisotopic (exact) mass is 287 g/mol. The zero-order chi connectivity index (χ0) is 15.5. The van der Waals surface area contributed by atoms with Crippen LogP contribution in [-0.4, -0.2) is 36.2 Å². The molecule has 0 spiro atoms. The Morgan fingerprint density at radius 2 is 2.05 bits per heavy atom. The van der Waals surface area contributed by atoms with Gasteiger partial charge in [0.15, 0.2) is 0 Å². The zero-order valence-corrected chi connectivity index (χ0v) is 12.7. The highest BCUT2D eigenvalue weighted by atomic mass is 16.6. The average Bonchev–Trinajstić information content (AvgIpc) is 2.46. The molecule has 0 aromatic heterocycles. The number of rotatable bonds is 1. The zero-order valence-electron chi connectivity index (χ0n) is 12.7. The van der Waals surface area contributed by atoms with Crippen molar-refractivity contribution < 1.29 is 9.53 Å². The van der Waals surface area contributed by atoms with E-state index in [-0.39, 0.29) is 12.1 Å². The summed E-state index contributed by atoms with van der Waals surface area (Å²) in [6, 6.07) is 9.61. The standard InChI is InChI=1S/C16H21N3O2/c1-16(2,3)21-15(20)19-9-8-18-14(11-19)13-6-4-12(10-17)5-7-13/h4-7,14,18H,8-9,11H2,1-3H3. The Morgan fingerprint density at radius 3 is 2.62 bits per heavy atom. The van der Waals surface area contributed by atoms with Crippen molar-refractivity contribution in [1.82, 2.24) is 10.2 Å². The van der Waals surface area contributed by atoms with E-state index < -0.39 is 5.60 Å². The van der Waals surface area contributed by atoms with Gasteiger partial charge in [0.1, 0.15) is 5.60 Å². The minimum atomic E-state index is -0.480. The van der Waals surface area contributed by atoms with E-state index in [9.17, 15) is 4.79 Å². The quantitative estimate of drug-likeness (QED) is 0.861. The molecular formula is C16H21N3O2. The number of benzene rings is 1. The summed E-state index contributed by atoms with van der Waals surface area (Å²) in [7, 11) is 0. The van der Waals surface area contributed by atoms with Crippen LogP contribution in [-0.2, 0) is 4.74 Å². The molecule has 112 valence electrons. The van der Waals surface area contributed by atoms with E-state index in [1.165, 1.54) is 0 Å². The molecule has 0 aliphatic carbocycles. The second kappa shape index (κ2) is 6.15. The first-order chi connectivity index (χ1) is 9.89. The third-order valence-corrected chi connectivity index (χ3v) is 3.27. The van der Waals surface area contributed by atoms with Crippen LogP contribution in [0.1, 0.15) is 37.9 Å². The lowest BCUT2D eigenvalue weighted by Crippen LogP contribution is -2.49. The van der Waals surface area contributed by atoms with Gasteiger partial charge in [-0.05, 0) is 38.5 Å². The van der Waals surface area contributed by atoms with Crippen LogP contribution < -0.4 is 5.32 Å². The Morgan fingerprint density at radius 1 is 1.38 bits per heavy atom. The predicted octanol–water partition coefficient (Wildman–Crippen LogP) is 2.44. The minimum Gasteiger partial charge on any atom is -0.444 e. The van der Waals surface area contributed by atoms with Crippen LogP contribution in [0.2, 0.25) is 0 Å². The van der Waals surface area contributed by atoms with Crippen molar-refractivity contribution in [2.75, 3.05) is 19.6 Å². The summed E-state index contributed by atoms with van der Waals surface area (Å²) >= 11 is 0. The van der Waals surface area contributed by atoms with Gasteiger partial charge in [0.2, 0.25) is 0 Å². The Balaban J connectivity index is 2.03. The lowest BCUT2D eigenvalue weighted by atomic mass is 10.0. The molecule has 1 aromatic carbocycles. The van der Waals surface area contributed by atoms with Crippen LogP contribution in [0.4, 0.5) is 4.79 Å². The van der Waals surface area contributed by atoms with Crippen molar-refractivity contribution in [3.63, 3.8) is 0 Å². The summed E-state index contributed by atoms with van der Waals surface area (Å²) in [5, 5.41) is 12.2. The maximum Gasteiger partial charge on any atom is 0.410 e. The highest BCUT2D eigenvalue weighted by molar-refractivity contribution is 5.68. The number of ether oxygens (including phenoxy) is 1. The molecule has 21 heavy (non-hydrogen) atoms. The fraction of sp³-hybridized carbons (Fsp3) is 0.500. The van der Waals surface area contributed by atoms with Gasteiger partial charge in [-0.2, -0.15) is 5.26 Å². The van der Waals surface area contributed by atoms with Gasteiger partial charge >= 0.3 is 6.09 Å². The molecule has 0 radical (unpaired) electrons. The van der Waals surface area contributed by atoms with Crippen LogP contribution in [0, 0.1) is 11.3 Å². The molecule has 1 amide bonds. The number of nitriles is 1. The number of hydrogen-bond acceptors (Lipinski definition) is 4. The average molecular weight is 287 g/mol. The lowest BCUT2D eigenvalue weighted by Gasteiger charge is -2.35. The normalized spacial score (nSPS) is 19.0. The molecule has 1 aliphatic rings. The third-order valence-electron chi connectivity index (χ3n) is 3.27. The molecule has 1 aromatic rings. The van der Waals surface area contributed by atoms with E-state index in [1.54, 1.807) is 17.0 Å². The first-order valence-electron chi connectivity index (χ1n) is 7.10. The molecule has 5 nitrogen and oxygen atoms in total. The molecule has 1 aliphatic heterocycles. The smallest absolute Gasteiger partial charge is 0.410 e. The molecule has 0 bridgehead atoms. The van der Waals surface area contributed by atoms with E-state index in [1.807, 2.05) is 32.9 Å². The second-order valence-electron chi connectivity index (χ2n) is 6.17. The van der Waals surface area contributed by atoms with Gasteiger partial charge in [-0.15, -0.1) is 0 Å². The van der Waals surface area contributed by atoms with E-state index >= 15 is 0 Å². The van der Waals surface area contributed by atoms with Crippen LogP contribution in [0.3, 0.4) is 0 Å². The lowest BCUT2D eigenvalue weighted by molar-refractivity contribution is 0.0195. The highest BCUT2D eigenvalue weighted by Gasteiger charge is 2.27. The Bertz CT molecular complexity index is 540. The minimum absolute atomic E-state index is 0.0685. The Kier molecular flexibility index (Phi) is 4.49. The largest absolute Gasteiger partial charge is 0.444 e. The van der Waals surface area contributed by atoms with Gasteiger partial charge in [0.25, 0.3) is 0 Å². The number of amides is 1. The predicted molar refractivity (Wildman–Crippen MR) is 79.7 cm³/mol. The summed E-state index contributed by atoms with van der Waals surface area (Å²) in [5.74, 6) is 0. The Labute approximate surface area is 125 Å². The van der Waals surface area contributed by atoms with Gasteiger partial charge < -0.3 is 15.0 Å². The number of hydrogen-bond donors (Lipinski definition) is 1. The highest BCUT2D eigenvalue weighted by Crippen LogP contribution is 2.19. The molecule has 2 rings (SSSR count). The third kappa shape index (κ3) is 4.20. The van der Waals surface area contributed by atoms with Crippen LogP contribution in [0.5, 0.6) is 0 Å². The fourth-order valence-corrected chi connectivity index (χ4v) is 2.26. The topological polar surface area (TPSA) is 65.4 Å². The van der Waals surface area contributed by atoms with E-state index in [2.05, 4.69) is 11.4 Å². The number of carbonyl (C=O) groups excluding carboxylic acids is 1. The second-order valence-corrected chi connectivity index (χ2v) is 6.17. The molecule has 0 saturated carbocycles. The van der Waals surface area contributed by atoms with Crippen LogP contribution >= 0.6 is 0 Å². The number of piperazine rings is 1. The van der Waals surface area contributed by atoms with E-state index in [4.69, 9.17) is 10.00 Å². The van der Waals surface area contributed by atoms with E-state index in [0.717, 1.165) is 12.1 Å². The Hall–Kier alpha value is -2.06. The van der Waals surface area contributed by atoms with Crippen LogP contribution in [0.25, 0.3) is 0 Å². The van der Waals surface area contributed by atoms with Gasteiger partial charge in [0.05, 0.1) is 17.7 Å². The number of carbonyl (C=O) groups is 1. The van der Waals surface area contributed by atoms with Crippen molar-refractivity contribution >= 4 is 6.09 Å². The number of nitrogens with zero attached hydrogens (tertiary/aromatic N) is 2. The molecule has 1 saturated heterocycles. The summed E-state index contributed by atoms with van der Waals surface area (Å²) in [6.07, 6.45) is -0.275. The van der Waals surface area contributed by atoms with Crippen molar-refractivity contribution in [3.8, 4) is 6.07 Å². The molecule has 1 heterocycles. The molecule has 5 heteroatoms. The summed E-state index contributed by atoms with van der Waals surface area (Å²) in [5.41, 5.74) is 1.23. The summed E-state index contributed by atoms with van der Waals surface area (Å²) < 4.78 is 5.41. The maximum atomic E-state index is 12.1. The molecule has 1 atom stereocenters. The van der Waals surface area contributed by atoms with E-state index in [0.29, 0.717) is 18.7 Å². The van der Waals surface area contributed by atoms with Crippen molar-refractivity contribution in [2.45, 2.75) is 32.4 Å². The van der Waals surface area contributed by atoms with Crippen molar-refractivity contribution in [3.05, 3.63) is 35.4 Å². The van der Waals surface area contributed by atoms with Crippen molar-refractivity contribution in [2.24, 2.45) is 0 Å². The number of nitrogens with one attached hydrogen (secondary N) is 1. The van der Waals surface area contributed by atoms with Crippen molar-refractivity contribution in [1.29, 1.82) is 5.26 Å². The molecular weight excluding hydrogens is 266 g/mol. The van der Waals surface area contributed by atoms with Gasteiger partial charge in [0, 0.05) is 19.6 Å². The first-order valence-corrected chi connectivity index (χ1v) is 7.10. The maximum absolute atomic E-state index is 12.1. The van der Waals surface area contributed by atoms with Gasteiger partial charge in [-0.3, -0.25) is 0 Å². The summed E-state index contributed by atoms with van der Waals surface area (Å²) in [4.78, 5) is 13.9. The SMILES string of the molecule is CC(C)(C)OC(=O)N1CCNC(c2ccc(C#N)cc2)C1. The summed E-state index contributed by atoms with van der Waals surface area (Å²) in [6.45, 7) is 7.54. The molecule has 1 N–H and O–H groups in total.